The Morgan fingerprint density at radius 1 is 0.944 bits per heavy atom. The number of hydrogen-bond donors (Lipinski definition) is 1. The first-order chi connectivity index (χ1) is 17.5. The molecule has 0 aromatic heterocycles. The maximum absolute atomic E-state index is 13.1. The number of halogens is 2. The summed E-state index contributed by atoms with van der Waals surface area (Å²) in [5.74, 6) is 0.319. The minimum absolute atomic E-state index is 0.0471. The summed E-state index contributed by atoms with van der Waals surface area (Å²) in [7, 11) is 0. The molecule has 0 radical (unpaired) electrons. The smallest absolute Gasteiger partial charge is 0.254 e. The number of nitrogens with zero attached hydrogens (tertiary/aromatic N) is 2. The van der Waals surface area contributed by atoms with Crippen molar-refractivity contribution in [3.63, 3.8) is 0 Å². The van der Waals surface area contributed by atoms with Crippen LogP contribution in [-0.4, -0.2) is 59.4 Å². The molecule has 0 spiro atoms. The van der Waals surface area contributed by atoms with Crippen LogP contribution in [0.1, 0.15) is 60.9 Å². The number of carbonyl (C=O) groups excluding carboxylic acids is 2. The zero-order valence-electron chi connectivity index (χ0n) is 20.5. The van der Waals surface area contributed by atoms with Crippen LogP contribution in [0.3, 0.4) is 0 Å². The van der Waals surface area contributed by atoms with Crippen molar-refractivity contribution in [2.45, 2.75) is 69.5 Å². The van der Waals surface area contributed by atoms with Crippen molar-refractivity contribution in [1.29, 1.82) is 0 Å². The van der Waals surface area contributed by atoms with Crippen LogP contribution >= 0.6 is 23.2 Å². The minimum atomic E-state index is -0.0471. The highest BCUT2D eigenvalue weighted by atomic mass is 35.5. The maximum atomic E-state index is 13.1. The van der Waals surface area contributed by atoms with E-state index in [2.05, 4.69) is 10.2 Å². The lowest BCUT2D eigenvalue weighted by atomic mass is 9.93. The van der Waals surface area contributed by atoms with Gasteiger partial charge in [-0.25, -0.2) is 0 Å². The predicted octanol–water partition coefficient (Wildman–Crippen LogP) is 5.57. The molecule has 1 saturated carbocycles. The van der Waals surface area contributed by atoms with E-state index in [-0.39, 0.29) is 17.7 Å². The number of nitrogens with one attached hydrogen (secondary N) is 1. The number of amides is 2. The van der Waals surface area contributed by atoms with E-state index in [1.54, 1.807) is 0 Å². The van der Waals surface area contributed by atoms with Crippen molar-refractivity contribution in [2.75, 3.05) is 19.6 Å². The molecule has 2 bridgehead atoms. The van der Waals surface area contributed by atoms with Gasteiger partial charge < -0.3 is 15.1 Å². The topological polar surface area (TPSA) is 52.7 Å². The van der Waals surface area contributed by atoms with E-state index >= 15 is 0 Å². The molecule has 2 aromatic rings. The SMILES string of the molecule is O=C(c1ccc(-c2cc(Cl)c(CC3CCN(C4CCCCC4)C3=O)c(Cl)c2)cc1)N1CC2CC1CN2. The average Bonchev–Trinajstić information content (AvgIpc) is 3.63. The maximum Gasteiger partial charge on any atom is 0.254 e. The van der Waals surface area contributed by atoms with E-state index in [1.165, 1.54) is 19.3 Å². The Labute approximate surface area is 223 Å². The van der Waals surface area contributed by atoms with Gasteiger partial charge in [-0.2, -0.15) is 0 Å². The normalized spacial score (nSPS) is 26.3. The van der Waals surface area contributed by atoms with Crippen LogP contribution in [-0.2, 0) is 11.2 Å². The summed E-state index contributed by atoms with van der Waals surface area (Å²) in [6.45, 7) is 2.53. The second-order valence-corrected chi connectivity index (χ2v) is 11.8. The summed E-state index contributed by atoms with van der Waals surface area (Å²) in [5, 5.41) is 4.64. The molecule has 6 rings (SSSR count). The Hall–Kier alpha value is -2.08. The second kappa shape index (κ2) is 10.00. The van der Waals surface area contributed by atoms with Gasteiger partial charge in [0.25, 0.3) is 5.91 Å². The number of likely N-dealkylation sites (tertiary alicyclic amines) is 2. The highest BCUT2D eigenvalue weighted by Crippen LogP contribution is 2.37. The van der Waals surface area contributed by atoms with E-state index in [0.717, 1.165) is 62.0 Å². The Kier molecular flexibility index (Phi) is 6.74. The molecule has 7 heteroatoms. The molecule has 5 nitrogen and oxygen atoms in total. The molecular weight excluding hydrogens is 493 g/mol. The predicted molar refractivity (Wildman–Crippen MR) is 144 cm³/mol. The van der Waals surface area contributed by atoms with Gasteiger partial charge in [0.1, 0.15) is 0 Å². The molecule has 4 fully saturated rings. The van der Waals surface area contributed by atoms with Gasteiger partial charge in [0.2, 0.25) is 5.91 Å². The molecule has 2 aromatic carbocycles. The van der Waals surface area contributed by atoms with Gasteiger partial charge in [-0.15, -0.1) is 0 Å². The third-order valence-electron chi connectivity index (χ3n) is 8.74. The van der Waals surface area contributed by atoms with E-state index in [1.807, 2.05) is 41.3 Å². The molecule has 1 N–H and O–H groups in total. The molecule has 36 heavy (non-hydrogen) atoms. The van der Waals surface area contributed by atoms with Crippen LogP contribution in [0.25, 0.3) is 11.1 Å². The highest BCUT2D eigenvalue weighted by molar-refractivity contribution is 6.36. The molecule has 3 saturated heterocycles. The standard InChI is InChI=1S/C29H33Cl2N3O2/c30-26-13-21(18-6-8-19(9-7-18)28(35)34-17-22-15-24(34)16-32-22)14-27(31)25(26)12-20-10-11-33(29(20)36)23-4-2-1-3-5-23/h6-9,13-14,20,22-24,32H,1-5,10-12,15-17H2. The van der Waals surface area contributed by atoms with Crippen LogP contribution in [0.4, 0.5) is 0 Å². The number of piperazine rings is 1. The Morgan fingerprint density at radius 3 is 2.31 bits per heavy atom. The van der Waals surface area contributed by atoms with E-state index in [9.17, 15) is 9.59 Å². The van der Waals surface area contributed by atoms with Crippen LogP contribution in [0, 0.1) is 5.92 Å². The van der Waals surface area contributed by atoms with Crippen molar-refractivity contribution in [3.8, 4) is 11.1 Å². The van der Waals surface area contributed by atoms with Crippen LogP contribution in [0.15, 0.2) is 36.4 Å². The molecule has 3 heterocycles. The molecular formula is C29H33Cl2N3O2. The van der Waals surface area contributed by atoms with Crippen molar-refractivity contribution in [1.82, 2.24) is 15.1 Å². The molecule has 3 atom stereocenters. The summed E-state index contributed by atoms with van der Waals surface area (Å²) in [6, 6.07) is 12.7. The number of fused-ring (bicyclic) bond motifs is 2. The summed E-state index contributed by atoms with van der Waals surface area (Å²) in [6.07, 6.45) is 8.51. The second-order valence-electron chi connectivity index (χ2n) is 11.0. The first-order valence-corrected chi connectivity index (χ1v) is 14.2. The van der Waals surface area contributed by atoms with E-state index in [0.29, 0.717) is 40.2 Å². The monoisotopic (exact) mass is 525 g/mol. The zero-order valence-corrected chi connectivity index (χ0v) is 22.0. The zero-order chi connectivity index (χ0) is 24.8. The first kappa shape index (κ1) is 24.3. The van der Waals surface area contributed by atoms with E-state index in [4.69, 9.17) is 23.2 Å². The average molecular weight is 527 g/mol. The largest absolute Gasteiger partial charge is 0.339 e. The molecule has 4 aliphatic rings. The van der Waals surface area contributed by atoms with Gasteiger partial charge in [-0.05, 0) is 73.1 Å². The molecule has 3 aliphatic heterocycles. The fourth-order valence-electron chi connectivity index (χ4n) is 6.70. The van der Waals surface area contributed by atoms with Gasteiger partial charge in [-0.3, -0.25) is 9.59 Å². The fraction of sp³-hybridized carbons (Fsp3) is 0.517. The summed E-state index contributed by atoms with van der Waals surface area (Å²) in [5.41, 5.74) is 3.45. The minimum Gasteiger partial charge on any atom is -0.339 e. The highest BCUT2D eigenvalue weighted by Gasteiger charge is 2.40. The fourth-order valence-corrected chi connectivity index (χ4v) is 7.34. The summed E-state index contributed by atoms with van der Waals surface area (Å²) < 4.78 is 0. The first-order valence-electron chi connectivity index (χ1n) is 13.4. The third-order valence-corrected chi connectivity index (χ3v) is 9.41. The van der Waals surface area contributed by atoms with E-state index < -0.39 is 0 Å². The van der Waals surface area contributed by atoms with Gasteiger partial charge >= 0.3 is 0 Å². The Bertz CT molecular complexity index is 1140. The summed E-state index contributed by atoms with van der Waals surface area (Å²) in [4.78, 5) is 30.2. The van der Waals surface area contributed by atoms with Gasteiger partial charge in [0, 0.05) is 59.3 Å². The lowest BCUT2D eigenvalue weighted by Gasteiger charge is -2.31. The molecule has 3 unspecified atom stereocenters. The Balaban J connectivity index is 1.14. The van der Waals surface area contributed by atoms with Crippen LogP contribution in [0.2, 0.25) is 10.0 Å². The lowest BCUT2D eigenvalue weighted by molar-refractivity contribution is -0.133. The van der Waals surface area contributed by atoms with Crippen LogP contribution in [0.5, 0.6) is 0 Å². The van der Waals surface area contributed by atoms with Crippen molar-refractivity contribution in [3.05, 3.63) is 57.6 Å². The summed E-state index contributed by atoms with van der Waals surface area (Å²) >= 11 is 13.4. The van der Waals surface area contributed by atoms with Crippen molar-refractivity contribution < 1.29 is 9.59 Å². The number of carbonyl (C=O) groups is 2. The van der Waals surface area contributed by atoms with Gasteiger partial charge in [0.05, 0.1) is 0 Å². The lowest BCUT2D eigenvalue weighted by Crippen LogP contribution is -2.46. The molecule has 2 amide bonds. The Morgan fingerprint density at radius 2 is 1.67 bits per heavy atom. The number of benzene rings is 2. The van der Waals surface area contributed by atoms with Crippen molar-refractivity contribution in [2.24, 2.45) is 5.92 Å². The van der Waals surface area contributed by atoms with Gasteiger partial charge in [-0.1, -0.05) is 54.6 Å². The molecule has 1 aliphatic carbocycles. The van der Waals surface area contributed by atoms with Crippen LogP contribution < -0.4 is 5.32 Å². The third kappa shape index (κ3) is 4.55. The number of hydrogen-bond acceptors (Lipinski definition) is 3. The number of rotatable bonds is 5. The molecule has 190 valence electrons. The van der Waals surface area contributed by atoms with Crippen molar-refractivity contribution >= 4 is 35.0 Å². The quantitative estimate of drug-likeness (QED) is 0.554. The van der Waals surface area contributed by atoms with Gasteiger partial charge in [0.15, 0.2) is 0 Å².